The molecule has 1 unspecified atom stereocenters. The number of carboxylic acid groups (broad SMARTS) is 1. The van der Waals surface area contributed by atoms with Crippen molar-refractivity contribution in [2.24, 2.45) is 0 Å². The molecule has 1 N–H and O–H groups in total. The van der Waals surface area contributed by atoms with Crippen LogP contribution in [0.25, 0.3) is 0 Å². The Bertz CT molecular complexity index is 306. The van der Waals surface area contributed by atoms with Crippen LogP contribution in [-0.2, 0) is 9.59 Å². The molecule has 0 saturated carbocycles. The molecule has 0 aromatic carbocycles. The third kappa shape index (κ3) is 3.37. The molecule has 1 aliphatic heterocycles. The highest BCUT2D eigenvalue weighted by Gasteiger charge is 2.43. The lowest BCUT2D eigenvalue weighted by molar-refractivity contribution is -0.159. The summed E-state index contributed by atoms with van der Waals surface area (Å²) in [5, 5.41) is 9.68. The topological polar surface area (TPSA) is 57.6 Å². The van der Waals surface area contributed by atoms with E-state index >= 15 is 0 Å². The largest absolute Gasteiger partial charge is 0.480 e. The Morgan fingerprint density at radius 1 is 1.41 bits per heavy atom. The van der Waals surface area contributed by atoms with Crippen molar-refractivity contribution in [2.75, 3.05) is 12.3 Å². The lowest BCUT2D eigenvalue weighted by atomic mass is 9.88. The molecule has 5 heteroatoms. The monoisotopic (exact) mass is 259 g/mol. The molecular weight excluding hydrogens is 238 g/mol. The van der Waals surface area contributed by atoms with Crippen LogP contribution in [0.2, 0.25) is 0 Å². The minimum absolute atomic E-state index is 0.0479. The smallest absolute Gasteiger partial charge is 0.329 e. The van der Waals surface area contributed by atoms with Crippen LogP contribution in [0.15, 0.2) is 0 Å². The van der Waals surface area contributed by atoms with Crippen LogP contribution in [0.4, 0.5) is 0 Å². The lowest BCUT2D eigenvalue weighted by Gasteiger charge is -2.41. The van der Waals surface area contributed by atoms with Gasteiger partial charge in [0.1, 0.15) is 5.54 Å². The fourth-order valence-electron chi connectivity index (χ4n) is 2.06. The molecule has 0 aromatic rings. The van der Waals surface area contributed by atoms with Gasteiger partial charge in [0.2, 0.25) is 5.91 Å². The summed E-state index contributed by atoms with van der Waals surface area (Å²) in [5.41, 5.74) is -1.01. The Kier molecular flexibility index (Phi) is 4.86. The number of aliphatic carboxylic acids is 1. The molecule has 1 amide bonds. The maximum absolute atomic E-state index is 12.1. The summed E-state index contributed by atoms with van der Waals surface area (Å²) in [4.78, 5) is 24.9. The molecule has 0 aromatic heterocycles. The number of carbonyl (C=O) groups excluding carboxylic acids is 1. The summed E-state index contributed by atoms with van der Waals surface area (Å²) in [7, 11) is 0. The van der Waals surface area contributed by atoms with Crippen molar-refractivity contribution in [2.45, 2.75) is 50.8 Å². The highest BCUT2D eigenvalue weighted by atomic mass is 32.2. The van der Waals surface area contributed by atoms with E-state index in [-0.39, 0.29) is 5.91 Å². The summed E-state index contributed by atoms with van der Waals surface area (Å²) in [6.07, 6.45) is 2.34. The van der Waals surface area contributed by atoms with Crippen LogP contribution in [-0.4, -0.2) is 45.0 Å². The van der Waals surface area contributed by atoms with Crippen LogP contribution in [0, 0.1) is 0 Å². The Labute approximate surface area is 107 Å². The van der Waals surface area contributed by atoms with E-state index in [9.17, 15) is 14.7 Å². The maximum Gasteiger partial charge on any atom is 0.329 e. The Hall–Kier alpha value is -0.710. The highest BCUT2D eigenvalue weighted by molar-refractivity contribution is 8.00. The molecular formula is C12H21NO3S. The van der Waals surface area contributed by atoms with Gasteiger partial charge in [0, 0.05) is 6.54 Å². The van der Waals surface area contributed by atoms with E-state index in [4.69, 9.17) is 0 Å². The first-order chi connectivity index (χ1) is 7.88. The number of carbonyl (C=O) groups is 2. The molecule has 0 radical (unpaired) electrons. The van der Waals surface area contributed by atoms with Gasteiger partial charge in [0.15, 0.2) is 0 Å². The highest BCUT2D eigenvalue weighted by Crippen LogP contribution is 2.29. The number of nitrogens with zero attached hydrogens (tertiary/aromatic N) is 1. The van der Waals surface area contributed by atoms with E-state index in [1.807, 2.05) is 13.8 Å². The predicted molar refractivity (Wildman–Crippen MR) is 69.2 cm³/mol. The molecule has 0 bridgehead atoms. The van der Waals surface area contributed by atoms with Gasteiger partial charge in [-0.2, -0.15) is 0 Å². The van der Waals surface area contributed by atoms with Crippen LogP contribution in [0.3, 0.4) is 0 Å². The van der Waals surface area contributed by atoms with Crippen molar-refractivity contribution in [3.05, 3.63) is 0 Å². The molecule has 1 atom stereocenters. The Balaban J connectivity index is 2.71. The number of likely N-dealkylation sites (tertiary alicyclic amines) is 1. The molecule has 1 saturated heterocycles. The van der Waals surface area contributed by atoms with Crippen molar-refractivity contribution in [3.8, 4) is 0 Å². The number of rotatable bonds is 4. The molecule has 1 heterocycles. The minimum atomic E-state index is -1.01. The van der Waals surface area contributed by atoms with Gasteiger partial charge >= 0.3 is 5.97 Å². The molecule has 1 aliphatic rings. The van der Waals surface area contributed by atoms with Crippen molar-refractivity contribution in [1.29, 1.82) is 0 Å². The molecule has 1 fully saturated rings. The fraction of sp³-hybridized carbons (Fsp3) is 0.833. The minimum Gasteiger partial charge on any atom is -0.480 e. The molecule has 98 valence electrons. The first-order valence-electron chi connectivity index (χ1n) is 6.03. The van der Waals surface area contributed by atoms with E-state index in [1.165, 1.54) is 0 Å². The summed E-state index contributed by atoms with van der Waals surface area (Å²) >= 11 is 1.56. The number of carboxylic acids is 1. The third-order valence-corrected chi connectivity index (χ3v) is 4.27. The lowest BCUT2D eigenvalue weighted by Crippen LogP contribution is -2.58. The second kappa shape index (κ2) is 5.76. The van der Waals surface area contributed by atoms with Crippen LogP contribution in [0.5, 0.6) is 0 Å². The normalized spacial score (nSPS) is 25.1. The number of amides is 1. The van der Waals surface area contributed by atoms with Crippen molar-refractivity contribution >= 4 is 23.6 Å². The Morgan fingerprint density at radius 3 is 2.59 bits per heavy atom. The number of hydrogen-bond donors (Lipinski definition) is 1. The van der Waals surface area contributed by atoms with Crippen LogP contribution >= 0.6 is 11.8 Å². The quantitative estimate of drug-likeness (QED) is 0.838. The van der Waals surface area contributed by atoms with Crippen LogP contribution < -0.4 is 0 Å². The van der Waals surface area contributed by atoms with E-state index in [2.05, 4.69) is 0 Å². The summed E-state index contributed by atoms with van der Waals surface area (Å²) in [6, 6.07) is 0. The zero-order valence-electron chi connectivity index (χ0n) is 10.7. The summed E-state index contributed by atoms with van der Waals surface area (Å²) < 4.78 is 0. The first kappa shape index (κ1) is 14.4. The van der Waals surface area contributed by atoms with E-state index in [0.29, 0.717) is 24.0 Å². The zero-order valence-corrected chi connectivity index (χ0v) is 11.5. The van der Waals surface area contributed by atoms with Gasteiger partial charge in [0.25, 0.3) is 0 Å². The SMILES string of the molecule is CC(C)SCC(=O)N1CCCCC1(C)C(=O)O. The molecule has 1 rings (SSSR count). The van der Waals surface area contributed by atoms with Gasteiger partial charge in [-0.1, -0.05) is 13.8 Å². The van der Waals surface area contributed by atoms with Gasteiger partial charge < -0.3 is 10.0 Å². The maximum atomic E-state index is 12.1. The summed E-state index contributed by atoms with van der Waals surface area (Å²) in [5.74, 6) is -0.561. The summed E-state index contributed by atoms with van der Waals surface area (Å²) in [6.45, 7) is 6.29. The standard InChI is InChI=1S/C12H21NO3S/c1-9(2)17-8-10(14)13-7-5-4-6-12(13,3)11(15)16/h9H,4-8H2,1-3H3,(H,15,16). The predicted octanol–water partition coefficient (Wildman–Crippen LogP) is 1.98. The molecule has 4 nitrogen and oxygen atoms in total. The molecule has 0 aliphatic carbocycles. The van der Waals surface area contributed by atoms with E-state index in [1.54, 1.807) is 23.6 Å². The van der Waals surface area contributed by atoms with Crippen molar-refractivity contribution in [1.82, 2.24) is 4.90 Å². The van der Waals surface area contributed by atoms with E-state index < -0.39 is 11.5 Å². The second-order valence-electron chi connectivity index (χ2n) is 4.94. The zero-order chi connectivity index (χ0) is 13.1. The van der Waals surface area contributed by atoms with Crippen molar-refractivity contribution in [3.63, 3.8) is 0 Å². The molecule has 0 spiro atoms. The first-order valence-corrected chi connectivity index (χ1v) is 7.08. The second-order valence-corrected chi connectivity index (χ2v) is 6.51. The van der Waals surface area contributed by atoms with Crippen molar-refractivity contribution < 1.29 is 14.7 Å². The number of thioether (sulfide) groups is 1. The fourth-order valence-corrected chi connectivity index (χ4v) is 2.69. The average Bonchev–Trinajstić information content (AvgIpc) is 2.26. The van der Waals surface area contributed by atoms with Gasteiger partial charge in [-0.15, -0.1) is 11.8 Å². The van der Waals surface area contributed by atoms with Gasteiger partial charge in [0.05, 0.1) is 5.75 Å². The van der Waals surface area contributed by atoms with Crippen LogP contribution in [0.1, 0.15) is 40.0 Å². The third-order valence-electron chi connectivity index (χ3n) is 3.19. The van der Waals surface area contributed by atoms with E-state index in [0.717, 1.165) is 12.8 Å². The van der Waals surface area contributed by atoms with Gasteiger partial charge in [-0.25, -0.2) is 4.79 Å². The van der Waals surface area contributed by atoms with Gasteiger partial charge in [-0.05, 0) is 31.4 Å². The average molecular weight is 259 g/mol. The number of piperidine rings is 1. The van der Waals surface area contributed by atoms with Gasteiger partial charge in [-0.3, -0.25) is 4.79 Å². The number of hydrogen-bond acceptors (Lipinski definition) is 3. The Morgan fingerprint density at radius 2 is 2.06 bits per heavy atom. The molecule has 17 heavy (non-hydrogen) atoms.